The maximum Gasteiger partial charge on any atom is 0.308 e. The van der Waals surface area contributed by atoms with Gasteiger partial charge in [-0.15, -0.1) is 0 Å². The highest BCUT2D eigenvalue weighted by molar-refractivity contribution is 9.10. The number of benzene rings is 2. The number of esters is 1. The SMILES string of the molecule is CCOC(=O)C[C@@H](NC(=O)CNC(=O)c1cccc(NC2=NCC(F)CN2)c1)c1cc(Cl)cc(Br)c1O. The average molecular weight is 599 g/mol. The smallest absolute Gasteiger partial charge is 0.308 e. The molecule has 2 amide bonds. The van der Waals surface area contributed by atoms with Gasteiger partial charge in [0, 0.05) is 21.8 Å². The zero-order chi connectivity index (χ0) is 26.9. The molecule has 5 N–H and O–H groups in total. The molecule has 2 aromatic rings. The van der Waals surface area contributed by atoms with Crippen LogP contribution in [-0.2, 0) is 14.3 Å². The van der Waals surface area contributed by atoms with Crippen LogP contribution in [0.4, 0.5) is 10.1 Å². The largest absolute Gasteiger partial charge is 0.506 e. The van der Waals surface area contributed by atoms with Crippen LogP contribution in [0.15, 0.2) is 45.9 Å². The predicted octanol–water partition coefficient (Wildman–Crippen LogP) is 3.06. The number of hydrogen-bond acceptors (Lipinski definition) is 8. The number of carbonyl (C=O) groups excluding carboxylic acids is 3. The number of carbonyl (C=O) groups is 3. The fourth-order valence-corrected chi connectivity index (χ4v) is 4.30. The number of phenolic OH excluding ortho intramolecular Hbond substituents is 1. The molecule has 0 aromatic heterocycles. The average Bonchev–Trinajstić information content (AvgIpc) is 2.86. The Morgan fingerprint density at radius 2 is 2.11 bits per heavy atom. The Kier molecular flexibility index (Phi) is 10.1. The van der Waals surface area contributed by atoms with Crippen LogP contribution in [0.2, 0.25) is 5.02 Å². The van der Waals surface area contributed by atoms with Crippen molar-refractivity contribution in [3.63, 3.8) is 0 Å². The zero-order valence-electron chi connectivity index (χ0n) is 19.8. The number of nitrogens with zero attached hydrogens (tertiary/aromatic N) is 1. The Morgan fingerprint density at radius 1 is 1.32 bits per heavy atom. The zero-order valence-corrected chi connectivity index (χ0v) is 22.2. The minimum absolute atomic E-state index is 0.0473. The highest BCUT2D eigenvalue weighted by Gasteiger charge is 2.24. The van der Waals surface area contributed by atoms with Gasteiger partial charge in [0.05, 0.1) is 43.2 Å². The summed E-state index contributed by atoms with van der Waals surface area (Å²) in [6.45, 7) is 1.59. The summed E-state index contributed by atoms with van der Waals surface area (Å²) >= 11 is 9.28. The lowest BCUT2D eigenvalue weighted by atomic mass is 10.0. The summed E-state index contributed by atoms with van der Waals surface area (Å²) in [6.07, 6.45) is -1.31. The van der Waals surface area contributed by atoms with E-state index >= 15 is 0 Å². The lowest BCUT2D eigenvalue weighted by molar-refractivity contribution is -0.143. The fourth-order valence-electron chi connectivity index (χ4n) is 3.46. The summed E-state index contributed by atoms with van der Waals surface area (Å²) in [5, 5.41) is 21.7. The topological polar surface area (TPSA) is 141 Å². The van der Waals surface area contributed by atoms with Crippen molar-refractivity contribution in [1.82, 2.24) is 16.0 Å². The molecule has 1 aliphatic rings. The molecule has 2 aromatic carbocycles. The Labute approximate surface area is 226 Å². The first-order chi connectivity index (χ1) is 17.7. The van der Waals surface area contributed by atoms with Gasteiger partial charge in [-0.3, -0.25) is 14.4 Å². The van der Waals surface area contributed by atoms with Crippen molar-refractivity contribution < 1.29 is 28.6 Å². The van der Waals surface area contributed by atoms with Gasteiger partial charge < -0.3 is 31.1 Å². The van der Waals surface area contributed by atoms with Crippen LogP contribution >= 0.6 is 27.5 Å². The molecule has 0 radical (unpaired) electrons. The van der Waals surface area contributed by atoms with E-state index in [9.17, 15) is 23.9 Å². The van der Waals surface area contributed by atoms with E-state index in [2.05, 4.69) is 42.2 Å². The van der Waals surface area contributed by atoms with Gasteiger partial charge in [-0.2, -0.15) is 0 Å². The summed E-state index contributed by atoms with van der Waals surface area (Å²) in [5.41, 5.74) is 1.04. The molecule has 0 aliphatic carbocycles. The second kappa shape index (κ2) is 13.2. The molecule has 0 saturated heterocycles. The van der Waals surface area contributed by atoms with Crippen molar-refractivity contribution >= 4 is 57.0 Å². The fraction of sp³-hybridized carbons (Fsp3) is 0.333. The Bertz CT molecular complexity index is 1200. The summed E-state index contributed by atoms with van der Waals surface area (Å²) in [4.78, 5) is 41.5. The Balaban J connectivity index is 1.64. The highest BCUT2D eigenvalue weighted by atomic mass is 79.9. The predicted molar refractivity (Wildman–Crippen MR) is 141 cm³/mol. The second-order valence-electron chi connectivity index (χ2n) is 8.01. The van der Waals surface area contributed by atoms with E-state index in [-0.39, 0.29) is 48.0 Å². The monoisotopic (exact) mass is 597 g/mol. The second-order valence-corrected chi connectivity index (χ2v) is 9.30. The van der Waals surface area contributed by atoms with Gasteiger partial charge in [-0.05, 0) is 53.2 Å². The minimum Gasteiger partial charge on any atom is -0.506 e. The van der Waals surface area contributed by atoms with Gasteiger partial charge in [-0.25, -0.2) is 9.38 Å². The molecular weight excluding hydrogens is 573 g/mol. The number of alkyl halides is 1. The van der Waals surface area contributed by atoms with Crippen molar-refractivity contribution in [3.8, 4) is 5.75 Å². The van der Waals surface area contributed by atoms with Crippen molar-refractivity contribution in [2.45, 2.75) is 25.6 Å². The normalized spacial score (nSPS) is 15.6. The third-order valence-electron chi connectivity index (χ3n) is 5.18. The number of aromatic hydroxyl groups is 1. The van der Waals surface area contributed by atoms with Gasteiger partial charge in [0.25, 0.3) is 5.91 Å². The Hall–Kier alpha value is -3.38. The van der Waals surface area contributed by atoms with Crippen molar-refractivity contribution in [3.05, 3.63) is 57.0 Å². The molecule has 1 unspecified atom stereocenters. The number of rotatable bonds is 9. The van der Waals surface area contributed by atoms with E-state index in [1.807, 2.05) is 0 Å². The van der Waals surface area contributed by atoms with Crippen molar-refractivity contribution in [1.29, 1.82) is 0 Å². The van der Waals surface area contributed by atoms with Gasteiger partial charge in [0.2, 0.25) is 5.91 Å². The Morgan fingerprint density at radius 3 is 2.81 bits per heavy atom. The third-order valence-corrected chi connectivity index (χ3v) is 6.00. The number of halogens is 3. The number of hydrogen-bond donors (Lipinski definition) is 5. The van der Waals surface area contributed by atoms with E-state index in [0.717, 1.165) is 0 Å². The standard InChI is InChI=1S/C24H26BrClFN5O5/c1-2-37-21(34)9-19(17-7-14(26)8-18(25)22(17)35)32-20(33)12-28-23(36)13-4-3-5-16(6-13)31-24-29-10-15(27)11-30-24/h3-8,15,19,35H,2,9-12H2,1H3,(H,28,36)(H,32,33)(H2,29,30,31)/t19-/m1/s1. The number of nitrogens with one attached hydrogen (secondary N) is 4. The first-order valence-corrected chi connectivity index (χ1v) is 12.5. The molecule has 1 aliphatic heterocycles. The molecule has 13 heteroatoms. The number of phenols is 1. The molecule has 0 saturated carbocycles. The molecule has 0 spiro atoms. The first-order valence-electron chi connectivity index (χ1n) is 11.4. The van der Waals surface area contributed by atoms with E-state index in [4.69, 9.17) is 16.3 Å². The number of aliphatic imine (C=N–C) groups is 1. The maximum atomic E-state index is 13.2. The van der Waals surface area contributed by atoms with Crippen LogP contribution in [0.3, 0.4) is 0 Å². The van der Waals surface area contributed by atoms with Gasteiger partial charge >= 0.3 is 5.97 Å². The molecular formula is C24H26BrClFN5O5. The van der Waals surface area contributed by atoms with E-state index in [0.29, 0.717) is 16.1 Å². The summed E-state index contributed by atoms with van der Waals surface area (Å²) in [6, 6.07) is 8.43. The molecule has 1 heterocycles. The molecule has 198 valence electrons. The summed E-state index contributed by atoms with van der Waals surface area (Å²) in [5.74, 6) is -1.50. The lowest BCUT2D eigenvalue weighted by Gasteiger charge is -2.21. The number of ether oxygens (including phenoxy) is 1. The van der Waals surface area contributed by atoms with Crippen molar-refractivity contribution in [2.75, 3.05) is 31.6 Å². The first kappa shape index (κ1) is 28.2. The van der Waals surface area contributed by atoms with Crippen LogP contribution in [0.25, 0.3) is 0 Å². The summed E-state index contributed by atoms with van der Waals surface area (Å²) in [7, 11) is 0. The van der Waals surface area contributed by atoms with E-state index in [1.165, 1.54) is 12.1 Å². The minimum atomic E-state index is -1.05. The quantitative estimate of drug-likeness (QED) is 0.280. The maximum absolute atomic E-state index is 13.2. The molecule has 10 nitrogen and oxygen atoms in total. The molecule has 2 atom stereocenters. The molecule has 0 bridgehead atoms. The third kappa shape index (κ3) is 8.32. The van der Waals surface area contributed by atoms with Crippen LogP contribution in [0.1, 0.15) is 35.3 Å². The van der Waals surface area contributed by atoms with Crippen LogP contribution < -0.4 is 21.3 Å². The van der Waals surface area contributed by atoms with Crippen molar-refractivity contribution in [2.24, 2.45) is 4.99 Å². The van der Waals surface area contributed by atoms with Crippen LogP contribution in [0.5, 0.6) is 5.75 Å². The molecule has 3 rings (SSSR count). The number of amides is 2. The van der Waals surface area contributed by atoms with Gasteiger partial charge in [0.15, 0.2) is 5.96 Å². The highest BCUT2D eigenvalue weighted by Crippen LogP contribution is 2.36. The number of guanidine groups is 1. The van der Waals surface area contributed by atoms with Gasteiger partial charge in [0.1, 0.15) is 11.9 Å². The molecule has 37 heavy (non-hydrogen) atoms. The molecule has 0 fully saturated rings. The van der Waals surface area contributed by atoms with E-state index < -0.39 is 36.5 Å². The van der Waals surface area contributed by atoms with E-state index in [1.54, 1.807) is 31.2 Å². The summed E-state index contributed by atoms with van der Waals surface area (Å²) < 4.78 is 18.5. The van der Waals surface area contributed by atoms with Crippen LogP contribution in [-0.4, -0.2) is 61.3 Å². The lowest BCUT2D eigenvalue weighted by Crippen LogP contribution is -2.41. The number of anilines is 1. The van der Waals surface area contributed by atoms with Crippen LogP contribution in [0, 0.1) is 0 Å². The van der Waals surface area contributed by atoms with Gasteiger partial charge in [-0.1, -0.05) is 17.7 Å².